The highest BCUT2D eigenvalue weighted by Crippen LogP contribution is 2.23. The number of ketones is 1. The van der Waals surface area contributed by atoms with Gasteiger partial charge in [-0.2, -0.15) is 0 Å². The van der Waals surface area contributed by atoms with Crippen molar-refractivity contribution in [3.63, 3.8) is 0 Å². The van der Waals surface area contributed by atoms with Crippen LogP contribution in [0.25, 0.3) is 0 Å². The molecule has 0 saturated carbocycles. The van der Waals surface area contributed by atoms with Crippen LogP contribution in [0.3, 0.4) is 0 Å². The second-order valence-corrected chi connectivity index (χ2v) is 4.66. The smallest absolute Gasteiger partial charge is 0.134 e. The van der Waals surface area contributed by atoms with Crippen LogP contribution in [0.2, 0.25) is 0 Å². The molecule has 0 spiro atoms. The van der Waals surface area contributed by atoms with E-state index in [9.17, 15) is 4.79 Å². The van der Waals surface area contributed by atoms with Crippen LogP contribution in [0, 0.1) is 0 Å². The van der Waals surface area contributed by atoms with Gasteiger partial charge in [0.15, 0.2) is 0 Å². The quantitative estimate of drug-likeness (QED) is 0.841. The van der Waals surface area contributed by atoms with Gasteiger partial charge in [-0.15, -0.1) is 0 Å². The summed E-state index contributed by atoms with van der Waals surface area (Å²) in [7, 11) is 0. The molecule has 2 nitrogen and oxygen atoms in total. The zero-order valence-corrected chi connectivity index (χ0v) is 9.83. The third-order valence-electron chi connectivity index (χ3n) is 3.20. The lowest BCUT2D eigenvalue weighted by Gasteiger charge is -2.23. The van der Waals surface area contributed by atoms with E-state index in [0.717, 1.165) is 18.7 Å². The lowest BCUT2D eigenvalue weighted by Crippen LogP contribution is -2.28. The van der Waals surface area contributed by atoms with Gasteiger partial charge in [0, 0.05) is 13.0 Å². The Morgan fingerprint density at radius 2 is 2.12 bits per heavy atom. The number of piperidine rings is 1. The Hall–Kier alpha value is -1.15. The predicted octanol–water partition coefficient (Wildman–Crippen LogP) is 2.29. The number of carbonyl (C=O) groups is 1. The Kier molecular flexibility index (Phi) is 3.73. The molecule has 1 aromatic rings. The fourth-order valence-corrected chi connectivity index (χ4v) is 2.33. The Labute approximate surface area is 97.1 Å². The first kappa shape index (κ1) is 11.3. The number of carbonyl (C=O) groups excluding carboxylic acids is 1. The molecule has 1 atom stereocenters. The van der Waals surface area contributed by atoms with Gasteiger partial charge in [0.2, 0.25) is 0 Å². The van der Waals surface area contributed by atoms with Gasteiger partial charge in [0.25, 0.3) is 0 Å². The van der Waals surface area contributed by atoms with Crippen molar-refractivity contribution in [2.75, 3.05) is 13.1 Å². The molecule has 1 aliphatic heterocycles. The molecule has 1 heterocycles. The maximum absolute atomic E-state index is 11.0. The van der Waals surface area contributed by atoms with Crippen LogP contribution in [0.4, 0.5) is 0 Å². The molecular weight excluding hydrogens is 198 g/mol. The Morgan fingerprint density at radius 1 is 1.38 bits per heavy atom. The zero-order valence-electron chi connectivity index (χ0n) is 9.83. The van der Waals surface area contributed by atoms with Crippen molar-refractivity contribution in [2.45, 2.75) is 32.1 Å². The number of hydrogen-bond donors (Lipinski definition) is 1. The second kappa shape index (κ2) is 5.26. The van der Waals surface area contributed by atoms with Gasteiger partial charge >= 0.3 is 0 Å². The summed E-state index contributed by atoms with van der Waals surface area (Å²) in [4.78, 5) is 11.0. The van der Waals surface area contributed by atoms with E-state index in [0.29, 0.717) is 12.3 Å². The van der Waals surface area contributed by atoms with Crippen LogP contribution in [0.1, 0.15) is 36.8 Å². The maximum atomic E-state index is 11.0. The molecule has 0 aromatic heterocycles. The molecule has 1 fully saturated rings. The number of rotatable bonds is 3. The van der Waals surface area contributed by atoms with Gasteiger partial charge in [-0.25, -0.2) is 0 Å². The van der Waals surface area contributed by atoms with Crippen molar-refractivity contribution >= 4 is 5.78 Å². The van der Waals surface area contributed by atoms with Gasteiger partial charge in [-0.1, -0.05) is 24.3 Å². The van der Waals surface area contributed by atoms with Gasteiger partial charge in [-0.05, 0) is 43.4 Å². The molecule has 1 aliphatic rings. The molecule has 0 aliphatic carbocycles. The normalized spacial score (nSPS) is 20.7. The van der Waals surface area contributed by atoms with Crippen molar-refractivity contribution in [1.29, 1.82) is 0 Å². The van der Waals surface area contributed by atoms with Crippen LogP contribution < -0.4 is 5.32 Å². The summed E-state index contributed by atoms with van der Waals surface area (Å²) < 4.78 is 0. The maximum Gasteiger partial charge on any atom is 0.134 e. The molecule has 16 heavy (non-hydrogen) atoms. The van der Waals surface area contributed by atoms with Gasteiger partial charge in [0.1, 0.15) is 5.78 Å². The van der Waals surface area contributed by atoms with Crippen LogP contribution in [0.15, 0.2) is 24.3 Å². The van der Waals surface area contributed by atoms with Crippen molar-refractivity contribution in [2.24, 2.45) is 0 Å². The minimum atomic E-state index is 0.229. The van der Waals surface area contributed by atoms with Crippen molar-refractivity contribution in [3.05, 3.63) is 35.4 Å². The van der Waals surface area contributed by atoms with Gasteiger partial charge < -0.3 is 5.32 Å². The minimum Gasteiger partial charge on any atom is -0.316 e. The average molecular weight is 217 g/mol. The summed E-state index contributed by atoms with van der Waals surface area (Å²) in [6.07, 6.45) is 3.10. The van der Waals surface area contributed by atoms with E-state index < -0.39 is 0 Å². The molecular formula is C14H19NO. The molecule has 0 bridgehead atoms. The monoisotopic (exact) mass is 217 g/mol. The number of nitrogens with one attached hydrogen (secondary N) is 1. The summed E-state index contributed by atoms with van der Waals surface area (Å²) in [6, 6.07) is 8.53. The Bertz CT molecular complexity index is 350. The predicted molar refractivity (Wildman–Crippen MR) is 65.7 cm³/mol. The van der Waals surface area contributed by atoms with Crippen LogP contribution in [0.5, 0.6) is 0 Å². The standard InChI is InChI=1S/C14H19NO/c1-11(16)9-12-4-6-13(7-5-12)14-3-2-8-15-10-14/h4-7,14-15H,2-3,8-10H2,1H3. The van der Waals surface area contributed by atoms with Crippen molar-refractivity contribution in [3.8, 4) is 0 Å². The SMILES string of the molecule is CC(=O)Cc1ccc(C2CCCNC2)cc1. The highest BCUT2D eigenvalue weighted by molar-refractivity contribution is 5.78. The molecule has 1 saturated heterocycles. The van der Waals surface area contributed by atoms with Gasteiger partial charge in [0.05, 0.1) is 0 Å². The van der Waals surface area contributed by atoms with Crippen LogP contribution in [-0.4, -0.2) is 18.9 Å². The molecule has 86 valence electrons. The van der Waals surface area contributed by atoms with E-state index in [2.05, 4.69) is 29.6 Å². The largest absolute Gasteiger partial charge is 0.316 e. The summed E-state index contributed by atoms with van der Waals surface area (Å²) in [5.74, 6) is 0.882. The first-order valence-corrected chi connectivity index (χ1v) is 6.04. The highest BCUT2D eigenvalue weighted by atomic mass is 16.1. The topological polar surface area (TPSA) is 29.1 Å². The molecule has 1 aromatic carbocycles. The first-order valence-electron chi connectivity index (χ1n) is 6.04. The lowest BCUT2D eigenvalue weighted by atomic mass is 9.91. The van der Waals surface area contributed by atoms with E-state index in [-0.39, 0.29) is 5.78 Å². The number of benzene rings is 1. The molecule has 0 amide bonds. The fourth-order valence-electron chi connectivity index (χ4n) is 2.33. The summed E-state index contributed by atoms with van der Waals surface area (Å²) in [5.41, 5.74) is 2.53. The Balaban J connectivity index is 2.03. The Morgan fingerprint density at radius 3 is 2.69 bits per heavy atom. The fraction of sp³-hybridized carbons (Fsp3) is 0.500. The van der Waals surface area contributed by atoms with E-state index in [1.165, 1.54) is 18.4 Å². The summed E-state index contributed by atoms with van der Waals surface area (Å²) in [6.45, 7) is 3.88. The zero-order chi connectivity index (χ0) is 11.4. The van der Waals surface area contributed by atoms with E-state index in [1.54, 1.807) is 6.92 Å². The number of Topliss-reactive ketones (excluding diaryl/α,β-unsaturated/α-hetero) is 1. The first-order chi connectivity index (χ1) is 7.75. The molecule has 1 unspecified atom stereocenters. The molecule has 2 rings (SSSR count). The third-order valence-corrected chi connectivity index (χ3v) is 3.20. The molecule has 1 N–H and O–H groups in total. The van der Waals surface area contributed by atoms with Crippen molar-refractivity contribution in [1.82, 2.24) is 5.32 Å². The van der Waals surface area contributed by atoms with Gasteiger partial charge in [-0.3, -0.25) is 4.79 Å². The lowest BCUT2D eigenvalue weighted by molar-refractivity contribution is -0.116. The van der Waals surface area contributed by atoms with Crippen molar-refractivity contribution < 1.29 is 4.79 Å². The summed E-state index contributed by atoms with van der Waals surface area (Å²) in [5, 5.41) is 3.43. The highest BCUT2D eigenvalue weighted by Gasteiger charge is 2.14. The third kappa shape index (κ3) is 2.92. The second-order valence-electron chi connectivity index (χ2n) is 4.66. The molecule has 0 radical (unpaired) electrons. The summed E-state index contributed by atoms with van der Waals surface area (Å²) >= 11 is 0. The van der Waals surface area contributed by atoms with E-state index in [1.807, 2.05) is 0 Å². The molecule has 2 heteroatoms. The van der Waals surface area contributed by atoms with Crippen LogP contribution in [-0.2, 0) is 11.2 Å². The number of hydrogen-bond acceptors (Lipinski definition) is 2. The van der Waals surface area contributed by atoms with E-state index in [4.69, 9.17) is 0 Å². The van der Waals surface area contributed by atoms with E-state index >= 15 is 0 Å². The minimum absolute atomic E-state index is 0.229. The average Bonchev–Trinajstić information content (AvgIpc) is 2.30. The van der Waals surface area contributed by atoms with Crippen LogP contribution >= 0.6 is 0 Å².